The summed E-state index contributed by atoms with van der Waals surface area (Å²) in [5, 5.41) is 3.38. The summed E-state index contributed by atoms with van der Waals surface area (Å²) in [6, 6.07) is 1.98. The lowest BCUT2D eigenvalue weighted by molar-refractivity contribution is 0.109. The first-order valence-electron chi connectivity index (χ1n) is 7.10. The Morgan fingerprint density at radius 2 is 2.24 bits per heavy atom. The monoisotopic (exact) mass is 348 g/mol. The molecular formula is C15H17BrN4O. The van der Waals surface area contributed by atoms with Gasteiger partial charge >= 0.3 is 0 Å². The Morgan fingerprint density at radius 3 is 3.05 bits per heavy atom. The molecule has 0 spiro atoms. The molecule has 21 heavy (non-hydrogen) atoms. The Hall–Kier alpha value is -1.53. The lowest BCUT2D eigenvalue weighted by Crippen LogP contribution is -2.17. The highest BCUT2D eigenvalue weighted by Crippen LogP contribution is 2.26. The fourth-order valence-electron chi connectivity index (χ4n) is 2.28. The largest absolute Gasteiger partial charge is 0.376 e. The minimum Gasteiger partial charge on any atom is -0.376 e. The number of nitrogens with zero attached hydrogens (tertiary/aromatic N) is 3. The van der Waals surface area contributed by atoms with Crippen molar-refractivity contribution in [3.8, 4) is 11.4 Å². The van der Waals surface area contributed by atoms with Crippen LogP contribution in [-0.4, -0.2) is 28.1 Å². The van der Waals surface area contributed by atoms with E-state index >= 15 is 0 Å². The molecule has 1 N–H and O–H groups in total. The van der Waals surface area contributed by atoms with Crippen LogP contribution >= 0.6 is 15.9 Å². The second kappa shape index (κ2) is 6.49. The first-order valence-corrected chi connectivity index (χ1v) is 7.89. The van der Waals surface area contributed by atoms with Crippen molar-refractivity contribution < 1.29 is 4.74 Å². The van der Waals surface area contributed by atoms with Gasteiger partial charge in [0.2, 0.25) is 0 Å². The van der Waals surface area contributed by atoms with Gasteiger partial charge in [0.05, 0.1) is 18.9 Å². The number of nitrogens with one attached hydrogen (secondary N) is 1. The summed E-state index contributed by atoms with van der Waals surface area (Å²) in [6.45, 7) is 4.32. The number of hydrogen-bond acceptors (Lipinski definition) is 5. The molecule has 0 aromatic carbocycles. The third-order valence-electron chi connectivity index (χ3n) is 3.33. The Morgan fingerprint density at radius 1 is 1.33 bits per heavy atom. The van der Waals surface area contributed by atoms with Crippen molar-refractivity contribution in [2.24, 2.45) is 0 Å². The Bertz CT molecular complexity index is 648. The van der Waals surface area contributed by atoms with Crippen molar-refractivity contribution in [3.05, 3.63) is 34.2 Å². The first kappa shape index (κ1) is 14.4. The van der Waals surface area contributed by atoms with Crippen LogP contribution in [-0.2, 0) is 17.8 Å². The second-order valence-corrected chi connectivity index (χ2v) is 5.86. The normalized spacial score (nSPS) is 13.8. The van der Waals surface area contributed by atoms with E-state index in [0.717, 1.165) is 46.5 Å². The average Bonchev–Trinajstić information content (AvgIpc) is 2.52. The van der Waals surface area contributed by atoms with Gasteiger partial charge < -0.3 is 10.1 Å². The van der Waals surface area contributed by atoms with E-state index < -0.39 is 0 Å². The number of pyridine rings is 1. The van der Waals surface area contributed by atoms with Crippen LogP contribution in [0.3, 0.4) is 0 Å². The summed E-state index contributed by atoms with van der Waals surface area (Å²) in [4.78, 5) is 13.6. The molecule has 0 saturated carbocycles. The molecule has 0 saturated heterocycles. The third kappa shape index (κ3) is 3.22. The highest BCUT2D eigenvalue weighted by atomic mass is 79.9. The summed E-state index contributed by atoms with van der Waals surface area (Å²) < 4.78 is 6.47. The van der Waals surface area contributed by atoms with E-state index in [0.29, 0.717) is 19.0 Å². The highest BCUT2D eigenvalue weighted by molar-refractivity contribution is 9.10. The zero-order chi connectivity index (χ0) is 14.7. The molecule has 5 nitrogen and oxygen atoms in total. The van der Waals surface area contributed by atoms with Gasteiger partial charge in [-0.15, -0.1) is 0 Å². The average molecular weight is 349 g/mol. The predicted molar refractivity (Wildman–Crippen MR) is 85.1 cm³/mol. The fraction of sp³-hybridized carbons (Fsp3) is 0.400. The van der Waals surface area contributed by atoms with Crippen LogP contribution in [0.2, 0.25) is 0 Å². The highest BCUT2D eigenvalue weighted by Gasteiger charge is 2.18. The first-order chi connectivity index (χ1) is 10.3. The summed E-state index contributed by atoms with van der Waals surface area (Å²) >= 11 is 3.44. The van der Waals surface area contributed by atoms with E-state index in [4.69, 9.17) is 9.72 Å². The van der Waals surface area contributed by atoms with Crippen molar-refractivity contribution in [2.45, 2.75) is 26.4 Å². The van der Waals surface area contributed by atoms with Crippen LogP contribution in [0.15, 0.2) is 22.9 Å². The van der Waals surface area contributed by atoms with Crippen molar-refractivity contribution >= 4 is 21.7 Å². The molecule has 1 aliphatic rings. The number of halogens is 1. The number of aromatic nitrogens is 3. The molecule has 0 radical (unpaired) electrons. The smallest absolute Gasteiger partial charge is 0.163 e. The van der Waals surface area contributed by atoms with Gasteiger partial charge in [0.25, 0.3) is 0 Å². The molecule has 0 atom stereocenters. The van der Waals surface area contributed by atoms with Crippen LogP contribution in [0.5, 0.6) is 0 Å². The minimum atomic E-state index is 0.582. The van der Waals surface area contributed by atoms with Gasteiger partial charge in [0.15, 0.2) is 5.82 Å². The SMILES string of the molecule is CCCNc1nc(-c2cncc(Br)c2)nc2c1COCC2. The van der Waals surface area contributed by atoms with Crippen LogP contribution in [0.4, 0.5) is 5.82 Å². The lowest BCUT2D eigenvalue weighted by Gasteiger charge is -2.20. The van der Waals surface area contributed by atoms with E-state index in [-0.39, 0.29) is 0 Å². The Balaban J connectivity index is 2.05. The number of anilines is 1. The Labute approximate surface area is 132 Å². The lowest BCUT2D eigenvalue weighted by atomic mass is 10.1. The van der Waals surface area contributed by atoms with Gasteiger partial charge in [0, 0.05) is 41.0 Å². The molecule has 0 fully saturated rings. The van der Waals surface area contributed by atoms with Crippen LogP contribution in [0.1, 0.15) is 24.6 Å². The predicted octanol–water partition coefficient (Wildman–Crippen LogP) is 3.20. The van der Waals surface area contributed by atoms with Crippen LogP contribution < -0.4 is 5.32 Å². The van der Waals surface area contributed by atoms with Gasteiger partial charge in [-0.3, -0.25) is 4.98 Å². The molecule has 0 bridgehead atoms. The van der Waals surface area contributed by atoms with Gasteiger partial charge in [-0.25, -0.2) is 9.97 Å². The molecule has 6 heteroatoms. The molecule has 0 unspecified atom stereocenters. The van der Waals surface area contributed by atoms with Gasteiger partial charge in [0.1, 0.15) is 5.82 Å². The molecule has 110 valence electrons. The molecule has 2 aromatic heterocycles. The molecule has 0 aliphatic carbocycles. The number of fused-ring (bicyclic) bond motifs is 1. The van der Waals surface area contributed by atoms with Crippen molar-refractivity contribution in [2.75, 3.05) is 18.5 Å². The zero-order valence-electron chi connectivity index (χ0n) is 11.9. The molecular weight excluding hydrogens is 332 g/mol. The van der Waals surface area contributed by atoms with E-state index in [9.17, 15) is 0 Å². The number of hydrogen-bond donors (Lipinski definition) is 1. The summed E-state index contributed by atoms with van der Waals surface area (Å²) in [5.41, 5.74) is 3.07. The van der Waals surface area contributed by atoms with E-state index in [1.54, 1.807) is 12.4 Å². The molecule has 3 heterocycles. The van der Waals surface area contributed by atoms with Crippen molar-refractivity contribution in [1.29, 1.82) is 0 Å². The van der Waals surface area contributed by atoms with Gasteiger partial charge in [-0.05, 0) is 28.4 Å². The third-order valence-corrected chi connectivity index (χ3v) is 3.76. The maximum absolute atomic E-state index is 5.54. The summed E-state index contributed by atoms with van der Waals surface area (Å²) in [7, 11) is 0. The van der Waals surface area contributed by atoms with Crippen molar-refractivity contribution in [1.82, 2.24) is 15.0 Å². The topological polar surface area (TPSA) is 59.9 Å². The fourth-order valence-corrected chi connectivity index (χ4v) is 2.65. The quantitative estimate of drug-likeness (QED) is 0.919. The zero-order valence-corrected chi connectivity index (χ0v) is 13.5. The van der Waals surface area contributed by atoms with Gasteiger partial charge in [-0.2, -0.15) is 0 Å². The van der Waals surface area contributed by atoms with Crippen LogP contribution in [0, 0.1) is 0 Å². The maximum atomic E-state index is 5.54. The standard InChI is InChI=1S/C15H17BrN4O/c1-2-4-18-15-12-9-21-5-3-13(12)19-14(20-15)10-6-11(16)8-17-7-10/h6-8H,2-5,9H2,1H3,(H,18,19,20). The second-order valence-electron chi connectivity index (χ2n) is 4.94. The maximum Gasteiger partial charge on any atom is 0.163 e. The van der Waals surface area contributed by atoms with E-state index in [2.05, 4.69) is 38.1 Å². The number of ether oxygens (including phenoxy) is 1. The summed E-state index contributed by atoms with van der Waals surface area (Å²) in [5.74, 6) is 1.60. The van der Waals surface area contributed by atoms with E-state index in [1.165, 1.54) is 0 Å². The number of rotatable bonds is 4. The van der Waals surface area contributed by atoms with Crippen LogP contribution in [0.25, 0.3) is 11.4 Å². The van der Waals surface area contributed by atoms with Gasteiger partial charge in [-0.1, -0.05) is 6.92 Å². The Kier molecular flexibility index (Phi) is 4.45. The summed E-state index contributed by atoms with van der Waals surface area (Å²) in [6.07, 6.45) is 5.42. The molecule has 3 rings (SSSR count). The minimum absolute atomic E-state index is 0.582. The molecule has 0 amide bonds. The van der Waals surface area contributed by atoms with E-state index in [1.807, 2.05) is 6.07 Å². The molecule has 1 aliphatic heterocycles. The van der Waals surface area contributed by atoms with Crippen molar-refractivity contribution in [3.63, 3.8) is 0 Å². The molecule has 2 aromatic rings.